The Morgan fingerprint density at radius 3 is 2.50 bits per heavy atom. The molecule has 1 atom stereocenters. The topological polar surface area (TPSA) is 32.5 Å². The Kier molecular flexibility index (Phi) is 4.68. The Balaban J connectivity index is 2.00. The van der Waals surface area contributed by atoms with Crippen LogP contribution in [0.15, 0.2) is 0 Å². The summed E-state index contributed by atoms with van der Waals surface area (Å²) in [6.07, 6.45) is 5.56. The third-order valence-corrected chi connectivity index (χ3v) is 5.23. The van der Waals surface area contributed by atoms with Crippen LogP contribution in [0.2, 0.25) is 0 Å². The maximum absolute atomic E-state index is 6.17. The molecule has 18 heavy (non-hydrogen) atoms. The molecule has 1 saturated heterocycles. The summed E-state index contributed by atoms with van der Waals surface area (Å²) >= 11 is 0. The lowest BCUT2D eigenvalue weighted by Gasteiger charge is -2.44. The highest BCUT2D eigenvalue weighted by Gasteiger charge is 2.42. The minimum absolute atomic E-state index is 0.259. The molecule has 3 nitrogen and oxygen atoms in total. The lowest BCUT2D eigenvalue weighted by molar-refractivity contribution is 0.0651. The third kappa shape index (κ3) is 2.73. The highest BCUT2D eigenvalue weighted by atomic mass is 15.3. The van der Waals surface area contributed by atoms with Crippen LogP contribution in [0.5, 0.6) is 0 Å². The van der Waals surface area contributed by atoms with Gasteiger partial charge >= 0.3 is 0 Å². The van der Waals surface area contributed by atoms with E-state index in [1.54, 1.807) is 0 Å². The van der Waals surface area contributed by atoms with Crippen molar-refractivity contribution in [1.29, 1.82) is 0 Å². The van der Waals surface area contributed by atoms with Crippen LogP contribution in [0.1, 0.15) is 46.5 Å². The highest BCUT2D eigenvalue weighted by molar-refractivity contribution is 5.01. The fourth-order valence-corrected chi connectivity index (χ4v) is 3.53. The van der Waals surface area contributed by atoms with Crippen molar-refractivity contribution in [2.75, 3.05) is 32.7 Å². The smallest absolute Gasteiger partial charge is 0.0470 e. The zero-order valence-corrected chi connectivity index (χ0v) is 12.5. The van der Waals surface area contributed by atoms with Gasteiger partial charge in [-0.2, -0.15) is 0 Å². The van der Waals surface area contributed by atoms with Crippen LogP contribution in [0.4, 0.5) is 0 Å². The van der Waals surface area contributed by atoms with E-state index in [1.165, 1.54) is 45.3 Å². The van der Waals surface area contributed by atoms with Crippen LogP contribution in [0, 0.1) is 5.92 Å². The quantitative estimate of drug-likeness (QED) is 0.785. The maximum Gasteiger partial charge on any atom is 0.0470 e. The van der Waals surface area contributed by atoms with Crippen molar-refractivity contribution in [3.05, 3.63) is 0 Å². The van der Waals surface area contributed by atoms with Crippen molar-refractivity contribution in [2.24, 2.45) is 11.7 Å². The van der Waals surface area contributed by atoms with Crippen LogP contribution < -0.4 is 5.73 Å². The monoisotopic (exact) mass is 253 g/mol. The molecule has 0 amide bonds. The van der Waals surface area contributed by atoms with Crippen molar-refractivity contribution in [3.63, 3.8) is 0 Å². The van der Waals surface area contributed by atoms with Gasteiger partial charge < -0.3 is 5.73 Å². The predicted octanol–water partition coefficient (Wildman–Crippen LogP) is 1.92. The molecule has 1 saturated carbocycles. The lowest BCUT2D eigenvalue weighted by Crippen LogP contribution is -2.57. The van der Waals surface area contributed by atoms with E-state index in [0.29, 0.717) is 6.04 Å². The average molecular weight is 253 g/mol. The van der Waals surface area contributed by atoms with E-state index >= 15 is 0 Å². The minimum Gasteiger partial charge on any atom is -0.329 e. The minimum atomic E-state index is 0.259. The van der Waals surface area contributed by atoms with E-state index in [-0.39, 0.29) is 5.54 Å². The Bertz CT molecular complexity index is 262. The van der Waals surface area contributed by atoms with Gasteiger partial charge in [-0.15, -0.1) is 0 Å². The van der Waals surface area contributed by atoms with Gasteiger partial charge in [0.15, 0.2) is 0 Å². The molecule has 1 heterocycles. The summed E-state index contributed by atoms with van der Waals surface area (Å²) in [5.41, 5.74) is 6.43. The molecule has 0 aromatic carbocycles. The van der Waals surface area contributed by atoms with Gasteiger partial charge in [0.2, 0.25) is 0 Å². The summed E-state index contributed by atoms with van der Waals surface area (Å²) in [7, 11) is 0. The van der Waals surface area contributed by atoms with E-state index in [1.807, 2.05) is 0 Å². The fourth-order valence-electron chi connectivity index (χ4n) is 3.53. The molecular formula is C15H31N3. The Morgan fingerprint density at radius 2 is 2.11 bits per heavy atom. The van der Waals surface area contributed by atoms with Gasteiger partial charge in [-0.3, -0.25) is 9.80 Å². The molecule has 1 aliphatic heterocycles. The normalized spacial score (nSPS) is 30.3. The number of hydrogen-bond acceptors (Lipinski definition) is 3. The molecule has 1 unspecified atom stereocenters. The summed E-state index contributed by atoms with van der Waals surface area (Å²) in [6.45, 7) is 12.5. The molecule has 1 aliphatic carbocycles. The number of likely N-dealkylation sites (N-methyl/N-ethyl adjacent to an activating group) is 1. The van der Waals surface area contributed by atoms with Crippen molar-refractivity contribution in [2.45, 2.75) is 58.0 Å². The summed E-state index contributed by atoms with van der Waals surface area (Å²) < 4.78 is 0. The molecule has 2 N–H and O–H groups in total. The third-order valence-electron chi connectivity index (χ3n) is 5.23. The zero-order valence-electron chi connectivity index (χ0n) is 12.5. The van der Waals surface area contributed by atoms with Crippen LogP contribution in [0.25, 0.3) is 0 Å². The summed E-state index contributed by atoms with van der Waals surface area (Å²) in [6, 6.07) is 0.654. The molecule has 2 rings (SSSR count). The van der Waals surface area contributed by atoms with E-state index in [4.69, 9.17) is 5.73 Å². The fraction of sp³-hybridized carbons (Fsp3) is 1.00. The van der Waals surface area contributed by atoms with E-state index < -0.39 is 0 Å². The first-order valence-corrected chi connectivity index (χ1v) is 7.80. The first-order chi connectivity index (χ1) is 8.61. The molecule has 2 fully saturated rings. The number of likely N-dealkylation sites (tertiary alicyclic amines) is 1. The number of nitrogens with zero attached hydrogens (tertiary/aromatic N) is 2. The predicted molar refractivity (Wildman–Crippen MR) is 77.7 cm³/mol. The van der Waals surface area contributed by atoms with E-state index in [9.17, 15) is 0 Å². The zero-order chi connectivity index (χ0) is 13.2. The van der Waals surface area contributed by atoms with Crippen molar-refractivity contribution >= 4 is 0 Å². The van der Waals surface area contributed by atoms with E-state index in [0.717, 1.165) is 19.0 Å². The second-order valence-electron chi connectivity index (χ2n) is 6.58. The van der Waals surface area contributed by atoms with Gasteiger partial charge in [0.1, 0.15) is 0 Å². The highest BCUT2D eigenvalue weighted by Crippen LogP contribution is 2.33. The summed E-state index contributed by atoms with van der Waals surface area (Å²) in [5.74, 6) is 0.946. The van der Waals surface area contributed by atoms with E-state index in [2.05, 4.69) is 30.6 Å². The van der Waals surface area contributed by atoms with Crippen molar-refractivity contribution in [1.82, 2.24) is 9.80 Å². The van der Waals surface area contributed by atoms with Gasteiger partial charge in [0.25, 0.3) is 0 Å². The first-order valence-electron chi connectivity index (χ1n) is 7.80. The Morgan fingerprint density at radius 1 is 1.39 bits per heavy atom. The van der Waals surface area contributed by atoms with Gasteiger partial charge in [0, 0.05) is 37.8 Å². The molecule has 2 aliphatic rings. The summed E-state index contributed by atoms with van der Waals surface area (Å²) in [4.78, 5) is 5.29. The molecule has 0 radical (unpaired) electrons. The number of rotatable bonds is 6. The standard InChI is InChI=1S/C15H31N3/c1-4-18(10-14-6-5-7-14)15(11-16)8-9-17(12-15)13(2)3/h13-14H,4-12,16H2,1-3H3. The molecular weight excluding hydrogens is 222 g/mol. The average Bonchev–Trinajstić information content (AvgIpc) is 2.73. The maximum atomic E-state index is 6.17. The van der Waals surface area contributed by atoms with Gasteiger partial charge in [-0.1, -0.05) is 13.3 Å². The van der Waals surface area contributed by atoms with Crippen molar-refractivity contribution < 1.29 is 0 Å². The first kappa shape index (κ1) is 14.3. The van der Waals surface area contributed by atoms with Crippen LogP contribution in [-0.4, -0.2) is 54.1 Å². The SMILES string of the molecule is CCN(CC1CCC1)C1(CN)CCN(C(C)C)C1. The van der Waals surface area contributed by atoms with Gasteiger partial charge in [-0.05, 0) is 45.6 Å². The van der Waals surface area contributed by atoms with Crippen molar-refractivity contribution in [3.8, 4) is 0 Å². The Hall–Kier alpha value is -0.120. The second-order valence-corrected chi connectivity index (χ2v) is 6.58. The van der Waals surface area contributed by atoms with Gasteiger partial charge in [0.05, 0.1) is 0 Å². The number of nitrogens with two attached hydrogens (primary N) is 1. The van der Waals surface area contributed by atoms with Crippen LogP contribution >= 0.6 is 0 Å². The number of hydrogen-bond donors (Lipinski definition) is 1. The largest absolute Gasteiger partial charge is 0.329 e. The molecule has 3 heteroatoms. The van der Waals surface area contributed by atoms with Gasteiger partial charge in [-0.25, -0.2) is 0 Å². The Labute approximate surface area is 113 Å². The molecule has 106 valence electrons. The van der Waals surface area contributed by atoms with Crippen LogP contribution in [-0.2, 0) is 0 Å². The second kappa shape index (κ2) is 5.89. The molecule has 0 aromatic rings. The summed E-state index contributed by atoms with van der Waals surface area (Å²) in [5, 5.41) is 0. The lowest BCUT2D eigenvalue weighted by atomic mass is 9.83. The molecule has 0 bridgehead atoms. The molecule has 0 aromatic heterocycles. The van der Waals surface area contributed by atoms with Crippen LogP contribution in [0.3, 0.4) is 0 Å². The molecule has 0 spiro atoms.